The molecule has 0 aromatic heterocycles. The van der Waals surface area contributed by atoms with Gasteiger partial charge in [0.2, 0.25) is 10.0 Å². The van der Waals surface area contributed by atoms with Crippen molar-refractivity contribution < 1.29 is 18.1 Å². The molecule has 2 atom stereocenters. The Morgan fingerprint density at radius 3 is 2.17 bits per heavy atom. The topological polar surface area (TPSA) is 70.9 Å². The fourth-order valence-corrected chi connectivity index (χ4v) is 4.65. The van der Waals surface area contributed by atoms with Crippen molar-refractivity contribution in [2.24, 2.45) is 0 Å². The predicted molar refractivity (Wildman–Crippen MR) is 115 cm³/mol. The summed E-state index contributed by atoms with van der Waals surface area (Å²) in [5, 5.41) is 2.92. The van der Waals surface area contributed by atoms with Crippen LogP contribution in [0.25, 0.3) is 0 Å². The average Bonchev–Trinajstić information content (AvgIpc) is 2.73. The van der Waals surface area contributed by atoms with E-state index < -0.39 is 10.0 Å². The van der Waals surface area contributed by atoms with Gasteiger partial charge in [-0.25, -0.2) is 8.42 Å². The van der Waals surface area contributed by atoms with Crippen molar-refractivity contribution in [3.05, 3.63) is 65.7 Å². The molecule has 0 bridgehead atoms. The molecule has 2 aromatic carbocycles. The highest BCUT2D eigenvalue weighted by molar-refractivity contribution is 7.89. The predicted octanol–water partition coefficient (Wildman–Crippen LogP) is 1.61. The van der Waals surface area contributed by atoms with E-state index in [9.17, 15) is 13.2 Å². The summed E-state index contributed by atoms with van der Waals surface area (Å²) in [6.45, 7) is 7.36. The minimum absolute atomic E-state index is 0.0369. The molecular formula is C22H32N3O3S+. The van der Waals surface area contributed by atoms with E-state index in [4.69, 9.17) is 0 Å². The summed E-state index contributed by atoms with van der Waals surface area (Å²) < 4.78 is 26.5. The van der Waals surface area contributed by atoms with Gasteiger partial charge < -0.3 is 10.2 Å². The van der Waals surface area contributed by atoms with Crippen LogP contribution in [-0.4, -0.2) is 45.3 Å². The number of benzene rings is 2. The van der Waals surface area contributed by atoms with E-state index >= 15 is 0 Å². The van der Waals surface area contributed by atoms with E-state index in [2.05, 4.69) is 24.4 Å². The summed E-state index contributed by atoms with van der Waals surface area (Å²) in [5.74, 6) is -0.0369. The molecule has 29 heavy (non-hydrogen) atoms. The zero-order valence-corrected chi connectivity index (χ0v) is 18.5. The van der Waals surface area contributed by atoms with E-state index in [1.165, 1.54) is 9.87 Å². The van der Waals surface area contributed by atoms with E-state index in [1.54, 1.807) is 24.3 Å². The number of nitrogens with zero attached hydrogens (tertiary/aromatic N) is 1. The van der Waals surface area contributed by atoms with Crippen molar-refractivity contribution in [3.8, 4) is 0 Å². The molecule has 0 aliphatic heterocycles. The SMILES string of the molecule is CCN(CC)S(=O)(=O)c1ccc(CNC(=O)C[NH+](C)C(C)c2ccccc2)cc1. The van der Waals surface area contributed by atoms with Crippen molar-refractivity contribution >= 4 is 15.9 Å². The standard InChI is InChI=1S/C22H31N3O3S/c1-5-25(6-2)29(27,28)21-14-12-19(13-15-21)16-23-22(26)17-24(4)18(3)20-10-8-7-9-11-20/h7-15,18H,5-6,16-17H2,1-4H3,(H,23,26)/p+1. The lowest BCUT2D eigenvalue weighted by molar-refractivity contribution is -0.902. The Kier molecular flexibility index (Phi) is 8.37. The smallest absolute Gasteiger partial charge is 0.275 e. The van der Waals surface area contributed by atoms with E-state index in [0.717, 1.165) is 10.5 Å². The number of amides is 1. The fourth-order valence-electron chi connectivity index (χ4n) is 3.19. The van der Waals surface area contributed by atoms with Crippen LogP contribution < -0.4 is 10.2 Å². The number of hydrogen-bond acceptors (Lipinski definition) is 3. The molecule has 7 heteroatoms. The molecule has 0 aliphatic carbocycles. The van der Waals surface area contributed by atoms with Gasteiger partial charge >= 0.3 is 0 Å². The second-order valence-corrected chi connectivity index (χ2v) is 9.10. The van der Waals surface area contributed by atoms with Crippen LogP contribution in [0.1, 0.15) is 37.9 Å². The number of rotatable bonds is 10. The Balaban J connectivity index is 1.90. The first-order chi connectivity index (χ1) is 13.8. The van der Waals surface area contributed by atoms with Gasteiger partial charge in [0.05, 0.1) is 11.9 Å². The van der Waals surface area contributed by atoms with Crippen LogP contribution in [-0.2, 0) is 21.4 Å². The number of sulfonamides is 1. The maximum Gasteiger partial charge on any atom is 0.275 e. The Morgan fingerprint density at radius 1 is 1.03 bits per heavy atom. The number of carbonyl (C=O) groups excluding carboxylic acids is 1. The molecule has 1 amide bonds. The first kappa shape index (κ1) is 23.1. The summed E-state index contributed by atoms with van der Waals surface area (Å²) >= 11 is 0. The normalized spacial score (nSPS) is 13.8. The number of hydrogen-bond donors (Lipinski definition) is 2. The second-order valence-electron chi connectivity index (χ2n) is 7.17. The molecule has 0 heterocycles. The quantitative estimate of drug-likeness (QED) is 0.616. The van der Waals surface area contributed by atoms with Gasteiger partial charge in [-0.15, -0.1) is 0 Å². The van der Waals surface area contributed by atoms with Gasteiger partial charge in [-0.1, -0.05) is 56.3 Å². The van der Waals surface area contributed by atoms with Crippen LogP contribution in [0.15, 0.2) is 59.5 Å². The fraction of sp³-hybridized carbons (Fsp3) is 0.409. The number of quaternary nitrogens is 1. The third-order valence-corrected chi connectivity index (χ3v) is 7.30. The van der Waals surface area contributed by atoms with E-state index in [0.29, 0.717) is 26.2 Å². The zero-order valence-electron chi connectivity index (χ0n) is 17.7. The van der Waals surface area contributed by atoms with Crippen molar-refractivity contribution in [1.29, 1.82) is 0 Å². The van der Waals surface area contributed by atoms with Crippen LogP contribution in [0.3, 0.4) is 0 Å². The molecule has 0 spiro atoms. The first-order valence-electron chi connectivity index (χ1n) is 10.0. The number of carbonyl (C=O) groups is 1. The molecule has 158 valence electrons. The molecule has 0 radical (unpaired) electrons. The van der Waals surface area contributed by atoms with E-state index in [1.807, 2.05) is 39.1 Å². The molecule has 2 rings (SSSR count). The Bertz CT molecular complexity index is 879. The van der Waals surface area contributed by atoms with E-state index in [-0.39, 0.29) is 16.8 Å². The molecule has 6 nitrogen and oxygen atoms in total. The first-order valence-corrected chi connectivity index (χ1v) is 11.5. The lowest BCUT2D eigenvalue weighted by atomic mass is 10.1. The molecule has 2 N–H and O–H groups in total. The van der Waals surface area contributed by atoms with Gasteiger partial charge in [-0.05, 0) is 24.6 Å². The highest BCUT2D eigenvalue weighted by Gasteiger charge is 2.21. The lowest BCUT2D eigenvalue weighted by Gasteiger charge is -2.21. The molecule has 2 unspecified atom stereocenters. The maximum absolute atomic E-state index is 12.5. The van der Waals surface area contributed by atoms with Crippen LogP contribution in [0.4, 0.5) is 0 Å². The van der Waals surface area contributed by atoms with Crippen LogP contribution >= 0.6 is 0 Å². The van der Waals surface area contributed by atoms with Crippen molar-refractivity contribution in [1.82, 2.24) is 9.62 Å². The highest BCUT2D eigenvalue weighted by Crippen LogP contribution is 2.16. The Labute approximate surface area is 174 Å². The van der Waals surface area contributed by atoms with Gasteiger partial charge in [0.25, 0.3) is 5.91 Å². The summed E-state index contributed by atoms with van der Waals surface area (Å²) in [4.78, 5) is 13.7. The molecule has 0 saturated carbocycles. The summed E-state index contributed by atoms with van der Waals surface area (Å²) in [6.07, 6.45) is 0. The van der Waals surface area contributed by atoms with Gasteiger partial charge in [0.15, 0.2) is 6.54 Å². The summed E-state index contributed by atoms with van der Waals surface area (Å²) in [5.41, 5.74) is 2.06. The third-order valence-electron chi connectivity index (χ3n) is 5.23. The second kappa shape index (κ2) is 10.5. The van der Waals surface area contributed by atoms with Crippen LogP contribution in [0, 0.1) is 0 Å². The maximum atomic E-state index is 12.5. The summed E-state index contributed by atoms with van der Waals surface area (Å²) in [6, 6.07) is 17.0. The average molecular weight is 419 g/mol. The molecule has 0 aliphatic rings. The minimum atomic E-state index is -3.46. The molecule has 2 aromatic rings. The van der Waals surface area contributed by atoms with Gasteiger partial charge in [-0.3, -0.25) is 4.79 Å². The minimum Gasteiger partial charge on any atom is -0.347 e. The van der Waals surface area contributed by atoms with Crippen LogP contribution in [0.5, 0.6) is 0 Å². The monoisotopic (exact) mass is 418 g/mol. The molecule has 0 fully saturated rings. The third kappa shape index (κ3) is 6.13. The van der Waals surface area contributed by atoms with Crippen molar-refractivity contribution in [2.75, 3.05) is 26.7 Å². The van der Waals surface area contributed by atoms with Gasteiger partial charge in [0.1, 0.15) is 6.04 Å². The van der Waals surface area contributed by atoms with Crippen molar-refractivity contribution in [2.45, 2.75) is 38.3 Å². The summed E-state index contributed by atoms with van der Waals surface area (Å²) in [7, 11) is -1.45. The van der Waals surface area contributed by atoms with Crippen molar-refractivity contribution in [3.63, 3.8) is 0 Å². The lowest BCUT2D eigenvalue weighted by Crippen LogP contribution is -3.10. The largest absolute Gasteiger partial charge is 0.347 e. The zero-order chi connectivity index (χ0) is 21.4. The Morgan fingerprint density at radius 2 is 1.62 bits per heavy atom. The van der Waals surface area contributed by atoms with Gasteiger partial charge in [0, 0.05) is 25.2 Å². The highest BCUT2D eigenvalue weighted by atomic mass is 32.2. The van der Waals surface area contributed by atoms with Crippen LogP contribution in [0.2, 0.25) is 0 Å². The van der Waals surface area contributed by atoms with Gasteiger partial charge in [-0.2, -0.15) is 4.31 Å². The number of likely N-dealkylation sites (N-methyl/N-ethyl adjacent to an activating group) is 1. The Hall–Kier alpha value is -2.22. The molecule has 0 saturated heterocycles. The number of nitrogens with one attached hydrogen (secondary N) is 2. The molecular weight excluding hydrogens is 386 g/mol.